The molecule has 1 heterocycles. The number of hydrogen-bond donors (Lipinski definition) is 1. The fourth-order valence-corrected chi connectivity index (χ4v) is 3.45. The molecule has 1 aliphatic carbocycles. The summed E-state index contributed by atoms with van der Waals surface area (Å²) in [6, 6.07) is 3.74. The van der Waals surface area contributed by atoms with Gasteiger partial charge in [0.15, 0.2) is 0 Å². The van der Waals surface area contributed by atoms with Gasteiger partial charge in [-0.2, -0.15) is 0 Å². The summed E-state index contributed by atoms with van der Waals surface area (Å²) >= 11 is 13.9. The van der Waals surface area contributed by atoms with Gasteiger partial charge in [0.1, 0.15) is 0 Å². The molecular weight excluding hydrogens is 263 g/mol. The van der Waals surface area contributed by atoms with Crippen molar-refractivity contribution < 1.29 is 0 Å². The number of anilines is 1. The molecule has 0 unspecified atom stereocenters. The number of fused-ring (bicyclic) bond motifs is 1. The second-order valence-electron chi connectivity index (χ2n) is 4.30. The molecule has 0 spiro atoms. The molecule has 2 nitrogen and oxygen atoms in total. The minimum absolute atomic E-state index is 0.687. The lowest BCUT2D eigenvalue weighted by molar-refractivity contribution is 0.470. The fourth-order valence-electron chi connectivity index (χ4n) is 1.81. The highest BCUT2D eigenvalue weighted by Gasteiger charge is 2.27. The first-order valence-corrected chi connectivity index (χ1v) is 6.91. The molecule has 1 aromatic carbocycles. The Hall–Kier alpha value is -0.0900. The summed E-state index contributed by atoms with van der Waals surface area (Å²) in [6.07, 6.45) is 2.75. The van der Waals surface area contributed by atoms with Crippen molar-refractivity contribution >= 4 is 40.8 Å². The van der Waals surface area contributed by atoms with Crippen LogP contribution in [0.25, 0.3) is 0 Å². The van der Waals surface area contributed by atoms with Gasteiger partial charge in [-0.25, -0.2) is 4.31 Å². The quantitative estimate of drug-likeness (QED) is 0.818. The Morgan fingerprint density at radius 3 is 2.94 bits per heavy atom. The van der Waals surface area contributed by atoms with Crippen LogP contribution in [-0.2, 0) is 0 Å². The van der Waals surface area contributed by atoms with E-state index >= 15 is 0 Å². The summed E-state index contributed by atoms with van der Waals surface area (Å²) in [4.78, 5) is 1.10. The first kappa shape index (κ1) is 11.0. The minimum atomic E-state index is 0.687. The lowest BCUT2D eigenvalue weighted by atomic mass is 10.3. The average Bonchev–Trinajstić information content (AvgIpc) is 3.03. The number of halogens is 2. The van der Waals surface area contributed by atoms with Gasteiger partial charge in [0, 0.05) is 11.6 Å². The van der Waals surface area contributed by atoms with Crippen LogP contribution < -0.4 is 5.32 Å². The molecule has 1 aliphatic heterocycles. The molecule has 0 saturated heterocycles. The maximum atomic E-state index is 6.19. The van der Waals surface area contributed by atoms with E-state index in [0.717, 1.165) is 34.7 Å². The predicted molar refractivity (Wildman–Crippen MR) is 70.2 cm³/mol. The Morgan fingerprint density at radius 2 is 2.19 bits per heavy atom. The van der Waals surface area contributed by atoms with Crippen LogP contribution in [0.2, 0.25) is 10.0 Å². The van der Waals surface area contributed by atoms with E-state index in [4.69, 9.17) is 23.2 Å². The van der Waals surface area contributed by atoms with Crippen molar-refractivity contribution in [1.82, 2.24) is 4.31 Å². The SMILES string of the molecule is Clc1cc(Cl)c2c(c1)NCN(CC1CC1)S2. The van der Waals surface area contributed by atoms with E-state index in [1.54, 1.807) is 18.0 Å². The highest BCUT2D eigenvalue weighted by Crippen LogP contribution is 2.43. The van der Waals surface area contributed by atoms with E-state index in [1.807, 2.05) is 6.07 Å². The first-order valence-electron chi connectivity index (χ1n) is 5.38. The summed E-state index contributed by atoms with van der Waals surface area (Å²) in [5.41, 5.74) is 1.05. The van der Waals surface area contributed by atoms with E-state index in [-0.39, 0.29) is 0 Å². The second-order valence-corrected chi connectivity index (χ2v) is 6.25. The van der Waals surface area contributed by atoms with E-state index in [1.165, 1.54) is 12.8 Å². The number of hydrogen-bond acceptors (Lipinski definition) is 3. The number of nitrogens with zero attached hydrogens (tertiary/aromatic N) is 1. The lowest BCUT2D eigenvalue weighted by Crippen LogP contribution is -2.28. The largest absolute Gasteiger partial charge is 0.370 e. The van der Waals surface area contributed by atoms with Gasteiger partial charge in [-0.1, -0.05) is 23.2 Å². The molecule has 0 aromatic heterocycles. The molecule has 86 valence electrons. The van der Waals surface area contributed by atoms with Gasteiger partial charge < -0.3 is 5.32 Å². The van der Waals surface area contributed by atoms with Crippen molar-refractivity contribution in [3.05, 3.63) is 22.2 Å². The molecule has 3 rings (SSSR count). The van der Waals surface area contributed by atoms with Gasteiger partial charge in [-0.15, -0.1) is 0 Å². The number of benzene rings is 1. The summed E-state index contributed by atoms with van der Waals surface area (Å²) in [7, 11) is 0. The number of rotatable bonds is 2. The third-order valence-corrected chi connectivity index (χ3v) is 4.62. The molecule has 1 N–H and O–H groups in total. The van der Waals surface area contributed by atoms with E-state index < -0.39 is 0 Å². The molecule has 5 heteroatoms. The van der Waals surface area contributed by atoms with Gasteiger partial charge >= 0.3 is 0 Å². The molecule has 2 aliphatic rings. The summed E-state index contributed by atoms with van der Waals surface area (Å²) in [5.74, 6) is 0.891. The predicted octanol–water partition coefficient (Wildman–Crippen LogP) is 4.10. The second kappa shape index (κ2) is 4.30. The minimum Gasteiger partial charge on any atom is -0.370 e. The van der Waals surface area contributed by atoms with Crippen LogP contribution in [0.1, 0.15) is 12.8 Å². The Morgan fingerprint density at radius 1 is 1.38 bits per heavy atom. The highest BCUT2D eigenvalue weighted by molar-refractivity contribution is 7.97. The molecule has 0 amide bonds. The molecule has 1 saturated carbocycles. The van der Waals surface area contributed by atoms with Crippen molar-refractivity contribution in [3.63, 3.8) is 0 Å². The maximum absolute atomic E-state index is 6.19. The molecule has 0 bridgehead atoms. The van der Waals surface area contributed by atoms with Crippen LogP contribution >= 0.6 is 35.1 Å². The standard InChI is InChI=1S/C11H12Cl2N2S/c12-8-3-9(13)11-10(4-8)14-6-15(16-11)5-7-1-2-7/h3-4,7,14H,1-2,5-6H2. The molecule has 0 atom stereocenters. The van der Waals surface area contributed by atoms with Crippen LogP contribution in [0, 0.1) is 5.92 Å². The Labute approximate surface area is 109 Å². The van der Waals surface area contributed by atoms with Crippen molar-refractivity contribution in [2.24, 2.45) is 5.92 Å². The molecule has 16 heavy (non-hydrogen) atoms. The van der Waals surface area contributed by atoms with Crippen LogP contribution in [0.15, 0.2) is 17.0 Å². The lowest BCUT2D eigenvalue weighted by Gasteiger charge is -2.29. The maximum Gasteiger partial charge on any atom is 0.0779 e. The normalized spacial score (nSPS) is 20.4. The van der Waals surface area contributed by atoms with Crippen molar-refractivity contribution in [2.75, 3.05) is 18.5 Å². The Kier molecular flexibility index (Phi) is 2.96. The monoisotopic (exact) mass is 274 g/mol. The number of nitrogens with one attached hydrogen (secondary N) is 1. The van der Waals surface area contributed by atoms with Crippen molar-refractivity contribution in [3.8, 4) is 0 Å². The summed E-state index contributed by atoms with van der Waals surface area (Å²) < 4.78 is 2.33. The molecule has 1 fully saturated rings. The van der Waals surface area contributed by atoms with Gasteiger partial charge in [0.05, 0.1) is 22.3 Å². The fraction of sp³-hybridized carbons (Fsp3) is 0.455. The Balaban J connectivity index is 1.81. The zero-order chi connectivity index (χ0) is 11.1. The van der Waals surface area contributed by atoms with Crippen molar-refractivity contribution in [1.29, 1.82) is 0 Å². The van der Waals surface area contributed by atoms with E-state index in [9.17, 15) is 0 Å². The van der Waals surface area contributed by atoms with Gasteiger partial charge in [0.25, 0.3) is 0 Å². The van der Waals surface area contributed by atoms with E-state index in [0.29, 0.717) is 5.02 Å². The Bertz CT molecular complexity index is 421. The van der Waals surface area contributed by atoms with Gasteiger partial charge in [-0.05, 0) is 42.8 Å². The van der Waals surface area contributed by atoms with Crippen molar-refractivity contribution in [2.45, 2.75) is 17.7 Å². The third kappa shape index (κ3) is 2.28. The van der Waals surface area contributed by atoms with Crippen LogP contribution in [0.5, 0.6) is 0 Å². The van der Waals surface area contributed by atoms with Gasteiger partial charge in [0.2, 0.25) is 0 Å². The van der Waals surface area contributed by atoms with Gasteiger partial charge in [-0.3, -0.25) is 0 Å². The molecule has 1 aromatic rings. The highest BCUT2D eigenvalue weighted by atomic mass is 35.5. The van der Waals surface area contributed by atoms with E-state index in [2.05, 4.69) is 9.62 Å². The zero-order valence-corrected chi connectivity index (χ0v) is 11.0. The first-order chi connectivity index (χ1) is 7.72. The zero-order valence-electron chi connectivity index (χ0n) is 8.67. The topological polar surface area (TPSA) is 15.3 Å². The summed E-state index contributed by atoms with van der Waals surface area (Å²) in [6.45, 7) is 2.01. The average molecular weight is 275 g/mol. The molecule has 0 radical (unpaired) electrons. The molecular formula is C11H12Cl2N2S. The smallest absolute Gasteiger partial charge is 0.0779 e. The van der Waals surface area contributed by atoms with Crippen LogP contribution in [-0.4, -0.2) is 17.5 Å². The van der Waals surface area contributed by atoms with Crippen LogP contribution in [0.3, 0.4) is 0 Å². The third-order valence-electron chi connectivity index (χ3n) is 2.83. The van der Waals surface area contributed by atoms with Crippen LogP contribution in [0.4, 0.5) is 5.69 Å². The summed E-state index contributed by atoms with van der Waals surface area (Å²) in [5, 5.41) is 4.79.